The van der Waals surface area contributed by atoms with E-state index < -0.39 is 0 Å². The molecule has 2 rings (SSSR count). The first-order valence-corrected chi connectivity index (χ1v) is 6.20. The Hall–Kier alpha value is -1.04. The first kappa shape index (κ1) is 11.4. The summed E-state index contributed by atoms with van der Waals surface area (Å²) in [5, 5.41) is 3.74. The zero-order valence-electron chi connectivity index (χ0n) is 9.03. The van der Waals surface area contributed by atoms with E-state index in [1.807, 2.05) is 0 Å². The zero-order valence-corrected chi connectivity index (χ0v) is 11.2. The van der Waals surface area contributed by atoms with E-state index in [-0.39, 0.29) is 0 Å². The Morgan fingerprint density at radius 2 is 2.19 bits per heavy atom. The minimum Gasteiger partial charge on any atom is -0.380 e. The van der Waals surface area contributed by atoms with Gasteiger partial charge in [0.15, 0.2) is 11.6 Å². The van der Waals surface area contributed by atoms with E-state index in [4.69, 9.17) is 10.3 Å². The van der Waals surface area contributed by atoms with Gasteiger partial charge in [-0.05, 0) is 41.5 Å². The van der Waals surface area contributed by atoms with Crippen LogP contribution < -0.4 is 5.73 Å². The predicted molar refractivity (Wildman–Crippen MR) is 72.2 cm³/mol. The Balaban J connectivity index is 2.05. The summed E-state index contributed by atoms with van der Waals surface area (Å²) in [4.78, 5) is 0. The van der Waals surface area contributed by atoms with Crippen molar-refractivity contribution in [3.05, 3.63) is 44.7 Å². The van der Waals surface area contributed by atoms with Crippen LogP contribution in [0.1, 0.15) is 16.9 Å². The van der Waals surface area contributed by atoms with Gasteiger partial charge in [-0.2, -0.15) is 0 Å². The largest absolute Gasteiger partial charge is 0.380 e. The molecule has 3 nitrogen and oxygen atoms in total. The lowest BCUT2D eigenvalue weighted by Gasteiger charge is -2.00. The summed E-state index contributed by atoms with van der Waals surface area (Å²) in [7, 11) is 0. The van der Waals surface area contributed by atoms with Crippen molar-refractivity contribution < 1.29 is 4.52 Å². The van der Waals surface area contributed by atoms with Gasteiger partial charge in [0.1, 0.15) is 0 Å². The molecule has 0 aliphatic heterocycles. The molecular weight excluding hydrogens is 315 g/mol. The molecule has 0 bridgehead atoms. The Labute approximate surface area is 108 Å². The third-order valence-electron chi connectivity index (χ3n) is 2.45. The highest BCUT2D eigenvalue weighted by Crippen LogP contribution is 2.20. The maximum atomic E-state index is 5.62. The summed E-state index contributed by atoms with van der Waals surface area (Å²) in [6.07, 6.45) is 1.79. The van der Waals surface area contributed by atoms with Crippen LogP contribution in [0.25, 0.3) is 0 Å². The topological polar surface area (TPSA) is 52.0 Å². The van der Waals surface area contributed by atoms with E-state index in [0.29, 0.717) is 5.82 Å². The van der Waals surface area contributed by atoms with E-state index in [9.17, 15) is 0 Å². The molecule has 4 heteroatoms. The number of aryl methyl sites for hydroxylation is 3. The number of nitrogens with zero attached hydrogens (tertiary/aromatic N) is 1. The SMILES string of the molecule is Cc1cccc(CCc2onc(N)c2I)c1. The van der Waals surface area contributed by atoms with Crippen LogP contribution in [-0.4, -0.2) is 5.16 Å². The summed E-state index contributed by atoms with van der Waals surface area (Å²) in [5.74, 6) is 1.36. The lowest BCUT2D eigenvalue weighted by atomic mass is 10.1. The minimum atomic E-state index is 0.486. The van der Waals surface area contributed by atoms with Crippen LogP contribution in [0.3, 0.4) is 0 Å². The van der Waals surface area contributed by atoms with Gasteiger partial charge in [-0.1, -0.05) is 35.0 Å². The molecule has 84 valence electrons. The van der Waals surface area contributed by atoms with Crippen LogP contribution in [0, 0.1) is 10.5 Å². The van der Waals surface area contributed by atoms with Crippen molar-refractivity contribution in [3.63, 3.8) is 0 Å². The Kier molecular flexibility index (Phi) is 3.48. The van der Waals surface area contributed by atoms with Crippen molar-refractivity contribution >= 4 is 28.4 Å². The maximum Gasteiger partial charge on any atom is 0.180 e. The standard InChI is InChI=1S/C12H13IN2O/c1-8-3-2-4-9(7-8)5-6-10-11(13)12(14)15-16-10/h2-4,7H,5-6H2,1H3,(H2,14,15). The van der Waals surface area contributed by atoms with Crippen molar-refractivity contribution in [1.29, 1.82) is 0 Å². The third kappa shape index (κ3) is 2.55. The number of hydrogen-bond donors (Lipinski definition) is 1. The fraction of sp³-hybridized carbons (Fsp3) is 0.250. The Morgan fingerprint density at radius 3 is 2.81 bits per heavy atom. The second kappa shape index (κ2) is 4.86. The molecule has 1 heterocycles. The van der Waals surface area contributed by atoms with Gasteiger partial charge >= 0.3 is 0 Å². The Morgan fingerprint density at radius 1 is 1.38 bits per heavy atom. The highest BCUT2D eigenvalue weighted by molar-refractivity contribution is 14.1. The number of benzene rings is 1. The number of rotatable bonds is 3. The summed E-state index contributed by atoms with van der Waals surface area (Å²) in [5.41, 5.74) is 8.21. The molecule has 0 unspecified atom stereocenters. The number of anilines is 1. The number of nitrogen functional groups attached to an aromatic ring is 1. The number of aromatic nitrogens is 1. The predicted octanol–water partition coefficient (Wildman–Crippen LogP) is 2.96. The van der Waals surface area contributed by atoms with Crippen molar-refractivity contribution in [3.8, 4) is 0 Å². The van der Waals surface area contributed by atoms with Gasteiger partial charge in [0.25, 0.3) is 0 Å². The van der Waals surface area contributed by atoms with Gasteiger partial charge in [-0.3, -0.25) is 0 Å². The van der Waals surface area contributed by atoms with E-state index in [1.54, 1.807) is 0 Å². The van der Waals surface area contributed by atoms with Gasteiger partial charge < -0.3 is 10.3 Å². The van der Waals surface area contributed by atoms with E-state index in [1.165, 1.54) is 11.1 Å². The molecular formula is C12H13IN2O. The normalized spacial score (nSPS) is 10.6. The fourth-order valence-corrected chi connectivity index (χ4v) is 2.07. The molecule has 0 spiro atoms. The second-order valence-corrected chi connectivity index (χ2v) is 4.87. The molecule has 0 aliphatic rings. The monoisotopic (exact) mass is 328 g/mol. The van der Waals surface area contributed by atoms with Crippen molar-refractivity contribution in [2.45, 2.75) is 19.8 Å². The first-order chi connectivity index (χ1) is 7.66. The molecule has 2 N–H and O–H groups in total. The number of nitrogens with two attached hydrogens (primary N) is 1. The molecule has 0 radical (unpaired) electrons. The van der Waals surface area contributed by atoms with E-state index >= 15 is 0 Å². The number of halogens is 1. The van der Waals surface area contributed by atoms with Crippen molar-refractivity contribution in [1.82, 2.24) is 5.16 Å². The molecule has 1 aromatic heterocycles. The smallest absolute Gasteiger partial charge is 0.180 e. The highest BCUT2D eigenvalue weighted by Gasteiger charge is 2.10. The maximum absolute atomic E-state index is 5.62. The van der Waals surface area contributed by atoms with E-state index in [0.717, 1.165) is 22.2 Å². The fourth-order valence-electron chi connectivity index (χ4n) is 1.61. The van der Waals surface area contributed by atoms with Gasteiger partial charge in [0.05, 0.1) is 3.57 Å². The molecule has 0 atom stereocenters. The van der Waals surface area contributed by atoms with E-state index in [2.05, 4.69) is 58.9 Å². The van der Waals surface area contributed by atoms with Crippen molar-refractivity contribution in [2.24, 2.45) is 0 Å². The lowest BCUT2D eigenvalue weighted by Crippen LogP contribution is -1.93. The highest BCUT2D eigenvalue weighted by atomic mass is 127. The average molecular weight is 328 g/mol. The molecule has 2 aromatic rings. The van der Waals surface area contributed by atoms with Crippen LogP contribution in [0.15, 0.2) is 28.8 Å². The number of hydrogen-bond acceptors (Lipinski definition) is 3. The van der Waals surface area contributed by atoms with Gasteiger partial charge in [-0.15, -0.1) is 0 Å². The van der Waals surface area contributed by atoms with Gasteiger partial charge in [-0.25, -0.2) is 0 Å². The van der Waals surface area contributed by atoms with Crippen LogP contribution in [0.5, 0.6) is 0 Å². The van der Waals surface area contributed by atoms with Crippen LogP contribution in [0.2, 0.25) is 0 Å². The minimum absolute atomic E-state index is 0.486. The lowest BCUT2D eigenvalue weighted by molar-refractivity contribution is 0.385. The second-order valence-electron chi connectivity index (χ2n) is 3.79. The zero-order chi connectivity index (χ0) is 11.5. The molecule has 0 fully saturated rings. The van der Waals surface area contributed by atoms with Gasteiger partial charge in [0.2, 0.25) is 0 Å². The molecule has 0 saturated heterocycles. The third-order valence-corrected chi connectivity index (χ3v) is 3.60. The first-order valence-electron chi connectivity index (χ1n) is 5.12. The van der Waals surface area contributed by atoms with Crippen LogP contribution >= 0.6 is 22.6 Å². The summed E-state index contributed by atoms with van der Waals surface area (Å²) in [6.45, 7) is 2.10. The molecule has 0 aliphatic carbocycles. The quantitative estimate of drug-likeness (QED) is 0.882. The molecule has 0 saturated carbocycles. The average Bonchev–Trinajstić information content (AvgIpc) is 2.57. The van der Waals surface area contributed by atoms with Gasteiger partial charge in [0, 0.05) is 6.42 Å². The van der Waals surface area contributed by atoms with Crippen LogP contribution in [0.4, 0.5) is 5.82 Å². The summed E-state index contributed by atoms with van der Waals surface area (Å²) >= 11 is 2.17. The Bertz CT molecular complexity index is 494. The van der Waals surface area contributed by atoms with Crippen LogP contribution in [-0.2, 0) is 12.8 Å². The summed E-state index contributed by atoms with van der Waals surface area (Å²) in [6, 6.07) is 8.48. The molecule has 16 heavy (non-hydrogen) atoms. The molecule has 1 aromatic carbocycles. The van der Waals surface area contributed by atoms with Crippen molar-refractivity contribution in [2.75, 3.05) is 5.73 Å². The summed E-state index contributed by atoms with van der Waals surface area (Å²) < 4.78 is 6.10. The molecule has 0 amide bonds.